The minimum atomic E-state index is -0.536. The lowest BCUT2D eigenvalue weighted by atomic mass is 10.0. The van der Waals surface area contributed by atoms with E-state index in [1.807, 2.05) is 74.5 Å². The van der Waals surface area contributed by atoms with Gasteiger partial charge in [-0.1, -0.05) is 48.5 Å². The first kappa shape index (κ1) is 25.5. The minimum Gasteiger partial charge on any atom is -0.497 e. The molecule has 3 aromatic rings. The predicted molar refractivity (Wildman–Crippen MR) is 141 cm³/mol. The van der Waals surface area contributed by atoms with E-state index < -0.39 is 6.04 Å². The summed E-state index contributed by atoms with van der Waals surface area (Å²) < 4.78 is 5.29. The van der Waals surface area contributed by atoms with Crippen LogP contribution < -0.4 is 26.4 Å². The Balaban J connectivity index is 1.69. The Morgan fingerprint density at radius 2 is 1.74 bits per heavy atom. The molecular formula is C28H32N4O3. The van der Waals surface area contributed by atoms with Crippen LogP contribution in [-0.2, 0) is 16.1 Å². The molecule has 0 bridgehead atoms. The third-order valence-electron chi connectivity index (χ3n) is 5.25. The van der Waals surface area contributed by atoms with Crippen LogP contribution in [-0.4, -0.2) is 25.0 Å². The highest BCUT2D eigenvalue weighted by atomic mass is 16.5. The Labute approximate surface area is 206 Å². The molecule has 0 aliphatic rings. The SMILES string of the molecule is COc1cccc(CNC(C(=O)NC(C)C)c2ccc(/C=C/C(=O)Nc3ccccc3N)cc2)c1. The molecule has 0 heterocycles. The van der Waals surface area contributed by atoms with Crippen LogP contribution in [0, 0.1) is 0 Å². The maximum atomic E-state index is 12.9. The number of hydrogen-bond acceptors (Lipinski definition) is 5. The molecule has 3 aromatic carbocycles. The normalized spacial score (nSPS) is 11.9. The molecule has 7 heteroatoms. The number of anilines is 2. The molecule has 0 aliphatic heterocycles. The number of hydrogen-bond donors (Lipinski definition) is 4. The molecule has 0 saturated carbocycles. The van der Waals surface area contributed by atoms with Gasteiger partial charge < -0.3 is 21.1 Å². The summed E-state index contributed by atoms with van der Waals surface area (Å²) in [4.78, 5) is 25.2. The number of carbonyl (C=O) groups is 2. The highest BCUT2D eigenvalue weighted by Crippen LogP contribution is 2.19. The predicted octanol–water partition coefficient (Wildman–Crippen LogP) is 4.28. The van der Waals surface area contributed by atoms with E-state index in [0.29, 0.717) is 17.9 Å². The summed E-state index contributed by atoms with van der Waals surface area (Å²) in [6.07, 6.45) is 3.16. The van der Waals surface area contributed by atoms with Crippen molar-refractivity contribution in [3.05, 3.63) is 95.6 Å². The van der Waals surface area contributed by atoms with Gasteiger partial charge in [0.05, 0.1) is 18.5 Å². The number of benzene rings is 3. The lowest BCUT2D eigenvalue weighted by molar-refractivity contribution is -0.123. The van der Waals surface area contributed by atoms with Gasteiger partial charge in [-0.05, 0) is 60.9 Å². The van der Waals surface area contributed by atoms with Gasteiger partial charge in [0.1, 0.15) is 11.8 Å². The van der Waals surface area contributed by atoms with Gasteiger partial charge in [-0.25, -0.2) is 0 Å². The molecule has 182 valence electrons. The van der Waals surface area contributed by atoms with Gasteiger partial charge in [-0.3, -0.25) is 14.9 Å². The number of nitrogens with one attached hydrogen (secondary N) is 3. The molecule has 3 rings (SSSR count). The second kappa shape index (κ2) is 12.4. The molecule has 1 unspecified atom stereocenters. The molecule has 1 atom stereocenters. The third kappa shape index (κ3) is 7.72. The Morgan fingerprint density at radius 1 is 1.00 bits per heavy atom. The van der Waals surface area contributed by atoms with Gasteiger partial charge >= 0.3 is 0 Å². The van der Waals surface area contributed by atoms with Gasteiger partial charge in [0.25, 0.3) is 0 Å². The smallest absolute Gasteiger partial charge is 0.248 e. The Hall–Kier alpha value is -4.10. The van der Waals surface area contributed by atoms with Gasteiger partial charge in [-0.2, -0.15) is 0 Å². The summed E-state index contributed by atoms with van der Waals surface area (Å²) in [5.74, 6) is 0.384. The lowest BCUT2D eigenvalue weighted by Crippen LogP contribution is -2.40. The summed E-state index contributed by atoms with van der Waals surface area (Å²) in [5.41, 5.74) is 9.61. The average molecular weight is 473 g/mol. The van der Waals surface area contributed by atoms with Crippen molar-refractivity contribution in [2.45, 2.75) is 32.5 Å². The zero-order valence-electron chi connectivity index (χ0n) is 20.2. The summed E-state index contributed by atoms with van der Waals surface area (Å²) in [7, 11) is 1.63. The van der Waals surface area contributed by atoms with E-state index in [2.05, 4.69) is 16.0 Å². The maximum Gasteiger partial charge on any atom is 0.248 e. The third-order valence-corrected chi connectivity index (χ3v) is 5.25. The molecular weight excluding hydrogens is 440 g/mol. The Bertz CT molecular complexity index is 1170. The van der Waals surface area contributed by atoms with Crippen LogP contribution in [0.3, 0.4) is 0 Å². The van der Waals surface area contributed by atoms with E-state index in [4.69, 9.17) is 10.5 Å². The van der Waals surface area contributed by atoms with E-state index >= 15 is 0 Å². The Morgan fingerprint density at radius 3 is 2.43 bits per heavy atom. The van der Waals surface area contributed by atoms with Crippen molar-refractivity contribution < 1.29 is 14.3 Å². The first-order valence-electron chi connectivity index (χ1n) is 11.5. The number of para-hydroxylation sites is 2. The van der Waals surface area contributed by atoms with Crippen molar-refractivity contribution in [3.63, 3.8) is 0 Å². The second-order valence-corrected chi connectivity index (χ2v) is 8.41. The van der Waals surface area contributed by atoms with E-state index in [-0.39, 0.29) is 17.9 Å². The first-order valence-corrected chi connectivity index (χ1v) is 11.5. The van der Waals surface area contributed by atoms with Gasteiger partial charge in [0.2, 0.25) is 11.8 Å². The van der Waals surface area contributed by atoms with Crippen molar-refractivity contribution in [1.82, 2.24) is 10.6 Å². The van der Waals surface area contributed by atoms with Crippen molar-refractivity contribution in [3.8, 4) is 5.75 Å². The number of nitrogens with two attached hydrogens (primary N) is 1. The molecule has 7 nitrogen and oxygen atoms in total. The fourth-order valence-corrected chi connectivity index (χ4v) is 3.49. The lowest BCUT2D eigenvalue weighted by Gasteiger charge is -2.21. The highest BCUT2D eigenvalue weighted by Gasteiger charge is 2.20. The quantitative estimate of drug-likeness (QED) is 0.260. The summed E-state index contributed by atoms with van der Waals surface area (Å²) in [6, 6.07) is 21.8. The average Bonchev–Trinajstić information content (AvgIpc) is 2.85. The molecule has 0 fully saturated rings. The first-order chi connectivity index (χ1) is 16.9. The number of nitrogen functional groups attached to an aromatic ring is 1. The monoisotopic (exact) mass is 472 g/mol. The zero-order chi connectivity index (χ0) is 25.2. The summed E-state index contributed by atoms with van der Waals surface area (Å²) >= 11 is 0. The van der Waals surface area contributed by atoms with E-state index in [1.54, 1.807) is 25.3 Å². The van der Waals surface area contributed by atoms with Crippen molar-refractivity contribution in [2.24, 2.45) is 0 Å². The molecule has 5 N–H and O–H groups in total. The van der Waals surface area contributed by atoms with Gasteiger partial charge in [0, 0.05) is 18.7 Å². The molecule has 0 saturated heterocycles. The number of ether oxygens (including phenoxy) is 1. The van der Waals surface area contributed by atoms with Gasteiger partial charge in [0.15, 0.2) is 0 Å². The second-order valence-electron chi connectivity index (χ2n) is 8.41. The van der Waals surface area contributed by atoms with Crippen LogP contribution in [0.15, 0.2) is 78.9 Å². The highest BCUT2D eigenvalue weighted by molar-refractivity contribution is 6.03. The van der Waals surface area contributed by atoms with E-state index in [0.717, 1.165) is 22.4 Å². The number of carbonyl (C=O) groups excluding carboxylic acids is 2. The maximum absolute atomic E-state index is 12.9. The largest absolute Gasteiger partial charge is 0.497 e. The van der Waals surface area contributed by atoms with Crippen molar-refractivity contribution in [2.75, 3.05) is 18.2 Å². The summed E-state index contributed by atoms with van der Waals surface area (Å²) in [5, 5.41) is 9.09. The molecule has 0 aliphatic carbocycles. The zero-order valence-corrected chi connectivity index (χ0v) is 20.2. The van der Waals surface area contributed by atoms with Gasteiger partial charge in [-0.15, -0.1) is 0 Å². The molecule has 0 radical (unpaired) electrons. The number of methoxy groups -OCH3 is 1. The van der Waals surface area contributed by atoms with Crippen LogP contribution in [0.4, 0.5) is 11.4 Å². The molecule has 0 aromatic heterocycles. The van der Waals surface area contributed by atoms with Crippen LogP contribution in [0.2, 0.25) is 0 Å². The minimum absolute atomic E-state index is 0.0167. The topological polar surface area (TPSA) is 105 Å². The van der Waals surface area contributed by atoms with E-state index in [9.17, 15) is 9.59 Å². The van der Waals surface area contributed by atoms with Crippen LogP contribution in [0.25, 0.3) is 6.08 Å². The molecule has 35 heavy (non-hydrogen) atoms. The summed E-state index contributed by atoms with van der Waals surface area (Å²) in [6.45, 7) is 4.36. The van der Waals surface area contributed by atoms with E-state index in [1.165, 1.54) is 6.08 Å². The van der Waals surface area contributed by atoms with Crippen LogP contribution in [0.1, 0.15) is 36.6 Å². The van der Waals surface area contributed by atoms with Crippen LogP contribution >= 0.6 is 0 Å². The number of amides is 2. The molecule has 0 spiro atoms. The fraction of sp³-hybridized carbons (Fsp3) is 0.214. The standard InChI is InChI=1S/C28H32N4O3/c1-19(2)31-28(34)27(30-18-21-7-6-8-23(17-21)35-3)22-14-11-20(12-15-22)13-16-26(33)32-25-10-5-4-9-24(25)29/h4-17,19,27,30H,18,29H2,1-3H3,(H,31,34)(H,32,33)/b16-13+. The number of rotatable bonds is 10. The van der Waals surface area contributed by atoms with Crippen molar-refractivity contribution >= 4 is 29.3 Å². The molecule has 2 amide bonds. The fourth-order valence-electron chi connectivity index (χ4n) is 3.49. The van der Waals surface area contributed by atoms with Crippen LogP contribution in [0.5, 0.6) is 5.75 Å². The van der Waals surface area contributed by atoms with Crippen molar-refractivity contribution in [1.29, 1.82) is 0 Å². The Kier molecular flexibility index (Phi) is 9.03.